The van der Waals surface area contributed by atoms with Gasteiger partial charge in [-0.3, -0.25) is 0 Å². The normalized spacial score (nSPS) is 13.6. The van der Waals surface area contributed by atoms with Crippen LogP contribution in [0.5, 0.6) is 0 Å². The van der Waals surface area contributed by atoms with Crippen LogP contribution in [0.2, 0.25) is 0 Å². The van der Waals surface area contributed by atoms with Gasteiger partial charge in [-0.2, -0.15) is 0 Å². The van der Waals surface area contributed by atoms with Crippen molar-refractivity contribution in [2.24, 2.45) is 5.73 Å². The van der Waals surface area contributed by atoms with Gasteiger partial charge in [0, 0.05) is 13.7 Å². The third-order valence-electron chi connectivity index (χ3n) is 2.59. The van der Waals surface area contributed by atoms with Crippen LogP contribution in [0.3, 0.4) is 0 Å². The predicted octanol–water partition coefficient (Wildman–Crippen LogP) is 0.555. The molecule has 1 aromatic carbocycles. The van der Waals surface area contributed by atoms with E-state index in [-0.39, 0.29) is 18.0 Å². The molecule has 0 bridgehead atoms. The van der Waals surface area contributed by atoms with Gasteiger partial charge in [-0.15, -0.1) is 0 Å². The zero-order chi connectivity index (χ0) is 13.8. The molecule has 18 heavy (non-hydrogen) atoms. The lowest BCUT2D eigenvalue weighted by atomic mass is 10.2. The van der Waals surface area contributed by atoms with E-state index in [4.69, 9.17) is 10.5 Å². The van der Waals surface area contributed by atoms with Crippen LogP contribution in [0.15, 0.2) is 23.1 Å². The Morgan fingerprint density at radius 2 is 2.06 bits per heavy atom. The fourth-order valence-corrected chi connectivity index (χ4v) is 3.20. The molecule has 5 nitrogen and oxygen atoms in total. The van der Waals surface area contributed by atoms with Crippen LogP contribution in [-0.4, -0.2) is 34.7 Å². The summed E-state index contributed by atoms with van der Waals surface area (Å²) in [7, 11) is -2.04. The molecule has 0 aliphatic rings. The fraction of sp³-hybridized carbons (Fsp3) is 0.500. The maximum Gasteiger partial charge on any atom is 0.241 e. The number of hydrogen-bond donors (Lipinski definition) is 2. The van der Waals surface area contributed by atoms with Crippen molar-refractivity contribution in [3.05, 3.63) is 29.3 Å². The molecule has 0 saturated heterocycles. The molecule has 0 heterocycles. The number of methoxy groups -OCH3 is 1. The predicted molar refractivity (Wildman–Crippen MR) is 71.0 cm³/mol. The fourth-order valence-electron chi connectivity index (χ4n) is 1.74. The SMILES string of the molecule is COCC(CN)NS(=O)(=O)c1ccc(C)cc1C. The number of sulfonamides is 1. The molecular formula is C12H20N2O3S. The first kappa shape index (κ1) is 15.1. The molecule has 0 aliphatic carbocycles. The van der Waals surface area contributed by atoms with Crippen LogP contribution in [0.4, 0.5) is 0 Å². The molecule has 0 spiro atoms. The maximum atomic E-state index is 12.2. The summed E-state index contributed by atoms with van der Waals surface area (Å²) in [5.74, 6) is 0. The minimum Gasteiger partial charge on any atom is -0.383 e. The first-order valence-corrected chi connectivity index (χ1v) is 7.17. The van der Waals surface area contributed by atoms with Gasteiger partial charge in [-0.25, -0.2) is 13.1 Å². The summed E-state index contributed by atoms with van der Waals surface area (Å²) in [5, 5.41) is 0. The second-order valence-electron chi connectivity index (χ2n) is 4.28. The molecule has 1 aromatic rings. The Morgan fingerprint density at radius 3 is 2.56 bits per heavy atom. The molecule has 0 radical (unpaired) electrons. The lowest BCUT2D eigenvalue weighted by Gasteiger charge is -2.17. The molecule has 0 aliphatic heterocycles. The number of hydrogen-bond acceptors (Lipinski definition) is 4. The number of rotatable bonds is 6. The zero-order valence-electron chi connectivity index (χ0n) is 10.9. The zero-order valence-corrected chi connectivity index (χ0v) is 11.8. The van der Waals surface area contributed by atoms with E-state index in [2.05, 4.69) is 4.72 Å². The highest BCUT2D eigenvalue weighted by Crippen LogP contribution is 2.16. The van der Waals surface area contributed by atoms with E-state index in [0.717, 1.165) is 11.1 Å². The summed E-state index contributed by atoms with van der Waals surface area (Å²) in [4.78, 5) is 0.280. The minimum atomic E-state index is -3.55. The molecule has 0 aromatic heterocycles. The molecule has 102 valence electrons. The smallest absolute Gasteiger partial charge is 0.241 e. The Labute approximate surface area is 108 Å². The van der Waals surface area contributed by atoms with Gasteiger partial charge in [0.15, 0.2) is 0 Å². The highest BCUT2D eigenvalue weighted by Gasteiger charge is 2.20. The summed E-state index contributed by atoms with van der Waals surface area (Å²) in [6, 6.07) is 4.80. The molecule has 6 heteroatoms. The Hall–Kier alpha value is -0.950. The summed E-state index contributed by atoms with van der Waals surface area (Å²) in [6.45, 7) is 4.14. The van der Waals surface area contributed by atoms with Crippen molar-refractivity contribution in [2.75, 3.05) is 20.3 Å². The molecule has 0 saturated carbocycles. The van der Waals surface area contributed by atoms with Crippen LogP contribution in [0.1, 0.15) is 11.1 Å². The van der Waals surface area contributed by atoms with E-state index in [9.17, 15) is 8.42 Å². The largest absolute Gasteiger partial charge is 0.383 e. The van der Waals surface area contributed by atoms with Gasteiger partial charge in [-0.05, 0) is 25.5 Å². The van der Waals surface area contributed by atoms with Gasteiger partial charge in [0.2, 0.25) is 10.0 Å². The van der Waals surface area contributed by atoms with Gasteiger partial charge in [0.05, 0.1) is 17.5 Å². The number of aryl methyl sites for hydroxylation is 2. The van der Waals surface area contributed by atoms with Crippen LogP contribution in [0, 0.1) is 13.8 Å². The van der Waals surface area contributed by atoms with E-state index in [1.165, 1.54) is 7.11 Å². The van der Waals surface area contributed by atoms with E-state index in [1.807, 2.05) is 13.0 Å². The number of ether oxygens (including phenoxy) is 1. The Kier molecular flexibility index (Phi) is 5.28. The Bertz CT molecular complexity index is 500. The highest BCUT2D eigenvalue weighted by molar-refractivity contribution is 7.89. The van der Waals surface area contributed by atoms with E-state index in [0.29, 0.717) is 0 Å². The van der Waals surface area contributed by atoms with Crippen molar-refractivity contribution in [1.82, 2.24) is 4.72 Å². The third-order valence-corrected chi connectivity index (χ3v) is 4.27. The van der Waals surface area contributed by atoms with E-state index < -0.39 is 16.1 Å². The quantitative estimate of drug-likeness (QED) is 0.792. The molecular weight excluding hydrogens is 252 g/mol. The average molecular weight is 272 g/mol. The topological polar surface area (TPSA) is 81.4 Å². The summed E-state index contributed by atoms with van der Waals surface area (Å²) >= 11 is 0. The number of nitrogens with two attached hydrogens (primary N) is 1. The van der Waals surface area contributed by atoms with Crippen molar-refractivity contribution in [3.63, 3.8) is 0 Å². The molecule has 1 unspecified atom stereocenters. The van der Waals surface area contributed by atoms with Crippen LogP contribution in [0.25, 0.3) is 0 Å². The lowest BCUT2D eigenvalue weighted by molar-refractivity contribution is 0.177. The standard InChI is InChI=1S/C12H20N2O3S/c1-9-4-5-12(10(2)6-9)18(15,16)14-11(7-13)8-17-3/h4-6,11,14H,7-8,13H2,1-3H3. The summed E-state index contributed by atoms with van der Waals surface area (Å²) < 4.78 is 31.8. The summed E-state index contributed by atoms with van der Waals surface area (Å²) in [5.41, 5.74) is 7.24. The molecule has 0 amide bonds. The minimum absolute atomic E-state index is 0.192. The van der Waals surface area contributed by atoms with Crippen LogP contribution < -0.4 is 10.5 Å². The Balaban J connectivity index is 2.99. The van der Waals surface area contributed by atoms with Crippen LogP contribution in [-0.2, 0) is 14.8 Å². The third kappa shape index (κ3) is 3.78. The van der Waals surface area contributed by atoms with E-state index in [1.54, 1.807) is 19.1 Å². The molecule has 1 rings (SSSR count). The van der Waals surface area contributed by atoms with Crippen molar-refractivity contribution in [3.8, 4) is 0 Å². The van der Waals surface area contributed by atoms with E-state index >= 15 is 0 Å². The Morgan fingerprint density at radius 1 is 1.39 bits per heavy atom. The molecule has 1 atom stereocenters. The highest BCUT2D eigenvalue weighted by atomic mass is 32.2. The lowest BCUT2D eigenvalue weighted by Crippen LogP contribution is -2.43. The van der Waals surface area contributed by atoms with Crippen LogP contribution >= 0.6 is 0 Å². The molecule has 0 fully saturated rings. The average Bonchev–Trinajstić information content (AvgIpc) is 2.27. The van der Waals surface area contributed by atoms with Gasteiger partial charge in [0.1, 0.15) is 0 Å². The van der Waals surface area contributed by atoms with Crippen molar-refractivity contribution >= 4 is 10.0 Å². The van der Waals surface area contributed by atoms with Gasteiger partial charge < -0.3 is 10.5 Å². The van der Waals surface area contributed by atoms with Crippen molar-refractivity contribution in [2.45, 2.75) is 24.8 Å². The second-order valence-corrected chi connectivity index (χ2v) is 5.96. The maximum absolute atomic E-state index is 12.2. The van der Waals surface area contributed by atoms with Crippen molar-refractivity contribution in [1.29, 1.82) is 0 Å². The molecule has 3 N–H and O–H groups in total. The number of nitrogens with one attached hydrogen (secondary N) is 1. The first-order chi connectivity index (χ1) is 8.40. The second kappa shape index (κ2) is 6.29. The van der Waals surface area contributed by atoms with Gasteiger partial charge in [-0.1, -0.05) is 17.7 Å². The summed E-state index contributed by atoms with van der Waals surface area (Å²) in [6.07, 6.45) is 0. The first-order valence-electron chi connectivity index (χ1n) is 5.69. The van der Waals surface area contributed by atoms with Gasteiger partial charge in [0.25, 0.3) is 0 Å². The van der Waals surface area contributed by atoms with Crippen molar-refractivity contribution < 1.29 is 13.2 Å². The monoisotopic (exact) mass is 272 g/mol. The van der Waals surface area contributed by atoms with Gasteiger partial charge >= 0.3 is 0 Å². The number of benzene rings is 1.